The predicted octanol–water partition coefficient (Wildman–Crippen LogP) is 22.8. The molecule has 34 heteroatoms. The van der Waals surface area contributed by atoms with Gasteiger partial charge in [-0.2, -0.15) is 0 Å². The molecule has 3 aliphatic heterocycles. The van der Waals surface area contributed by atoms with Gasteiger partial charge in [0.1, 0.15) is 57.6 Å². The van der Waals surface area contributed by atoms with Crippen LogP contribution in [-0.2, 0) is 34.0 Å². The molecule has 6 saturated carbocycles. The van der Waals surface area contributed by atoms with E-state index in [1.54, 1.807) is 18.2 Å². The lowest BCUT2D eigenvalue weighted by molar-refractivity contribution is -0.0809. The van der Waals surface area contributed by atoms with E-state index in [1.807, 2.05) is 29.2 Å². The summed E-state index contributed by atoms with van der Waals surface area (Å²) in [4.78, 5) is 55.4. The van der Waals surface area contributed by atoms with Crippen molar-refractivity contribution < 1.29 is 75.0 Å². The van der Waals surface area contributed by atoms with Gasteiger partial charge < -0.3 is 57.8 Å². The zero-order valence-corrected chi connectivity index (χ0v) is 70.7. The highest BCUT2D eigenvalue weighted by Gasteiger charge is 2.57. The van der Waals surface area contributed by atoms with Gasteiger partial charge in [-0.1, -0.05) is 137 Å². The fourth-order valence-electron chi connectivity index (χ4n) is 20.2. The minimum Gasteiger partial charge on any atom is -0.478 e. The molecule has 9 fully saturated rings. The Morgan fingerprint density at radius 3 is 1.38 bits per heavy atom. The number of nitrogens with zero attached hydrogens (tertiary/aromatic N) is 9. The molecule has 3 saturated heterocycles. The highest BCUT2D eigenvalue weighted by Crippen LogP contribution is 2.64. The van der Waals surface area contributed by atoms with Gasteiger partial charge in [-0.3, -0.25) is 0 Å². The van der Waals surface area contributed by atoms with Crippen LogP contribution in [0.25, 0.3) is 64.4 Å². The third-order valence-electron chi connectivity index (χ3n) is 26.5. The number of thiazole rings is 3. The van der Waals surface area contributed by atoms with Crippen LogP contribution >= 0.6 is 104 Å². The zero-order chi connectivity index (χ0) is 82.6. The van der Waals surface area contributed by atoms with Crippen molar-refractivity contribution in [3.05, 3.63) is 188 Å². The number of halogens is 10. The first-order valence-corrected chi connectivity index (χ1v) is 44.5. The summed E-state index contributed by atoms with van der Waals surface area (Å²) in [6.45, 7) is 4.35. The van der Waals surface area contributed by atoms with Crippen molar-refractivity contribution in [1.29, 1.82) is 0 Å². The third-order valence-corrected chi connectivity index (χ3v) is 31.8. The van der Waals surface area contributed by atoms with Gasteiger partial charge in [-0.05, 0) is 190 Å². The summed E-state index contributed by atoms with van der Waals surface area (Å²) in [6.07, 6.45) is 9.02. The molecule has 4 unspecified atom stereocenters. The average molecular weight is 1810 g/mol. The summed E-state index contributed by atoms with van der Waals surface area (Å²) >= 11 is 47.7. The normalized spacial score (nSPS) is 26.1. The van der Waals surface area contributed by atoms with Gasteiger partial charge >= 0.3 is 17.9 Å². The molecular formula is C86H71Cl6F4N9O12S3. The Morgan fingerprint density at radius 1 is 0.500 bits per heavy atom. The quantitative estimate of drug-likeness (QED) is 0.0475. The van der Waals surface area contributed by atoms with Crippen LogP contribution in [0.5, 0.6) is 0 Å². The Hall–Kier alpha value is -8.23. The summed E-state index contributed by atoms with van der Waals surface area (Å²) in [7, 11) is 0. The average Bonchev–Trinajstić information content (AvgIpc) is 1.58. The lowest BCUT2D eigenvalue weighted by Crippen LogP contribution is -2.44. The van der Waals surface area contributed by atoms with Crippen molar-refractivity contribution in [1.82, 2.24) is 30.4 Å². The number of fused-ring (bicyclic) bond motifs is 3. The minimum absolute atomic E-state index is 0.0506. The summed E-state index contributed by atoms with van der Waals surface area (Å²) in [6, 6.07) is 19.6. The second-order valence-corrected chi connectivity index (χ2v) is 39.8. The molecule has 120 heavy (non-hydrogen) atoms. The van der Waals surface area contributed by atoms with Crippen LogP contribution < -0.4 is 14.7 Å². The van der Waals surface area contributed by atoms with E-state index in [9.17, 15) is 34.1 Å². The first kappa shape index (κ1) is 79.0. The molecule has 6 aromatic carbocycles. The number of aromatic nitrogens is 6. The highest BCUT2D eigenvalue weighted by molar-refractivity contribution is 7.23. The van der Waals surface area contributed by atoms with Gasteiger partial charge in [-0.25, -0.2) is 46.9 Å². The van der Waals surface area contributed by atoms with Gasteiger partial charge in [0.05, 0.1) is 105 Å². The monoisotopic (exact) mass is 1800 g/mol. The maximum atomic E-state index is 15.3. The third kappa shape index (κ3) is 13.7. The molecule has 3 spiro atoms. The van der Waals surface area contributed by atoms with Gasteiger partial charge in [-0.15, -0.1) is 0 Å². The number of anilines is 3. The van der Waals surface area contributed by atoms with Crippen LogP contribution in [0, 0.1) is 33.7 Å². The van der Waals surface area contributed by atoms with Crippen molar-refractivity contribution in [2.45, 2.75) is 170 Å². The van der Waals surface area contributed by atoms with Crippen molar-refractivity contribution in [3.63, 3.8) is 0 Å². The van der Waals surface area contributed by atoms with Gasteiger partial charge in [0, 0.05) is 83.4 Å². The number of benzene rings is 6. The molecule has 9 heterocycles. The number of rotatable bonds is 24. The molecule has 6 aromatic heterocycles. The summed E-state index contributed by atoms with van der Waals surface area (Å²) in [5.74, 6) is -4.61. The number of carboxylic acid groups (broad SMARTS) is 3. The zero-order valence-electron chi connectivity index (χ0n) is 63.7. The number of hydrogen-bond acceptors (Lipinski definition) is 21. The minimum atomic E-state index is -1.25. The van der Waals surface area contributed by atoms with E-state index in [1.165, 1.54) is 40.9 Å². The summed E-state index contributed by atoms with van der Waals surface area (Å²) in [5, 5.41) is 47.1. The highest BCUT2D eigenvalue weighted by atomic mass is 35.5. The molecule has 0 radical (unpaired) electrons. The van der Waals surface area contributed by atoms with Crippen molar-refractivity contribution in [2.75, 3.05) is 47.6 Å². The molecule has 620 valence electrons. The van der Waals surface area contributed by atoms with Crippen LogP contribution in [0.15, 0.2) is 92.4 Å². The maximum Gasteiger partial charge on any atom is 0.335 e. The first-order chi connectivity index (χ1) is 57.8. The smallest absolute Gasteiger partial charge is 0.335 e. The molecule has 9 aliphatic rings. The van der Waals surface area contributed by atoms with E-state index < -0.39 is 48.1 Å². The topological polar surface area (TPSA) is 266 Å². The Bertz CT molecular complexity index is 6250. The predicted molar refractivity (Wildman–Crippen MR) is 448 cm³/mol. The number of ether oxygens (including phenoxy) is 3. The van der Waals surface area contributed by atoms with Crippen molar-refractivity contribution in [3.8, 4) is 33.8 Å². The van der Waals surface area contributed by atoms with Gasteiger partial charge in [0.15, 0.2) is 32.8 Å². The Labute approximate surface area is 723 Å². The van der Waals surface area contributed by atoms with E-state index in [-0.39, 0.29) is 123 Å². The van der Waals surface area contributed by atoms with E-state index in [0.29, 0.717) is 193 Å². The van der Waals surface area contributed by atoms with Crippen LogP contribution in [0.2, 0.25) is 30.1 Å². The maximum absolute atomic E-state index is 15.3. The molecule has 3 N–H and O–H groups in total. The standard InChI is InChI=1S/C86H71Cl6F4N9O12S3/c1-36-21-85(34-104(36)82-98-73-59(95)14-39(79(108)109)17-62(73)119-82)25-43(26-85)114-32-53-71(66-57(90)10-8-46(68(66)92)47-19-49(47)76-52(69(100-116-76)64-54(87)3-2-4-55(64)88)31-113-42-23-84(24-42)11-12-103(33-84)81-97-72-58(94)13-38(78(106)107)16-61(72)118-81)102-117-77(53)50-20-48(50)45-7-9-56(89)65(67(45)91)70-51(75(115-101-70)37-5-6-37)30-112-44-27-86(28-44)22-41(29-93)105(35-86)83-99-74-60(96)15-40(80(110)111)18-63(74)120-83/h2-4,7-10,13-18,36-37,41-44,47-50H,5-6,11-12,19-35H2,1H3,(H,106,107)(H,108,109)(H,110,111)/t36-,41+,42?,43?,44?,47?,48?,49?,50?,84?,85?,86?/m1/s1. The van der Waals surface area contributed by atoms with Crippen LogP contribution in [0.1, 0.15) is 196 Å². The van der Waals surface area contributed by atoms with Crippen molar-refractivity contribution in [2.24, 2.45) is 16.2 Å². The molecule has 12 aromatic rings. The van der Waals surface area contributed by atoms with Crippen molar-refractivity contribution >= 4 is 168 Å². The first-order valence-electron chi connectivity index (χ1n) is 39.8. The molecule has 0 amide bonds. The number of alkyl halides is 1. The number of carbonyl (C=O) groups is 3. The van der Waals surface area contributed by atoms with E-state index in [2.05, 4.69) is 42.0 Å². The molecule has 6 atom stereocenters. The lowest BCUT2D eigenvalue weighted by atomic mass is 9.65. The summed E-state index contributed by atoms with van der Waals surface area (Å²) in [5.41, 5.74) is 5.94. The van der Waals surface area contributed by atoms with Crippen LogP contribution in [-0.4, -0.2) is 127 Å². The largest absolute Gasteiger partial charge is 0.478 e. The fraction of sp³-hybridized carbons (Fsp3) is 0.407. The molecule has 6 aliphatic carbocycles. The number of aromatic carboxylic acids is 3. The van der Waals surface area contributed by atoms with E-state index in [4.69, 9.17) is 103 Å². The lowest BCUT2D eigenvalue weighted by Gasteiger charge is -2.44. The summed E-state index contributed by atoms with van der Waals surface area (Å²) < 4.78 is 102. The molecule has 21 nitrogen and oxygen atoms in total. The second kappa shape index (κ2) is 29.8. The van der Waals surface area contributed by atoms with Crippen LogP contribution in [0.4, 0.5) is 33.0 Å². The molecular weight excluding hydrogens is 1740 g/mol. The fourth-order valence-corrected chi connectivity index (χ4v) is 25.4. The molecule has 21 rings (SSSR count). The molecule has 0 bridgehead atoms. The SMILES string of the molecule is C[C@@H]1CC2(CC(OCc3c(-c4c(Cl)ccc(C5CC5c5onc(-c6c(Cl)cccc6Cl)c5COC5CC6(CCN(c7nc8c(F)cc(C(=O)O)cc8s7)C6)C5)c4Cl)noc3C3CC3c3ccc(Cl)c(-c4noc(C5CC5)c4COC4CC5(C4)C[C@@H](CF)N(c4nc6c(F)cc(C(=O)O)cc6s4)C5)c3Cl)C2)CN1c1nc2c(F)cc(C(=O)O)cc2s1. The Kier molecular flexibility index (Phi) is 19.6. The van der Waals surface area contributed by atoms with Gasteiger partial charge in [0.2, 0.25) is 0 Å². The van der Waals surface area contributed by atoms with Gasteiger partial charge in [0.25, 0.3) is 0 Å². The number of carboxylic acids is 3. The van der Waals surface area contributed by atoms with E-state index >= 15 is 13.2 Å². The van der Waals surface area contributed by atoms with E-state index in [0.717, 1.165) is 84.8 Å². The number of hydrogen-bond donors (Lipinski definition) is 3. The van der Waals surface area contributed by atoms with Crippen LogP contribution in [0.3, 0.4) is 0 Å². The second-order valence-electron chi connectivity index (χ2n) is 34.4. The Balaban J connectivity index is 0.546. The Morgan fingerprint density at radius 2 is 0.908 bits per heavy atom.